The number of aromatic nitrogens is 3. The number of benzene rings is 2. The van der Waals surface area contributed by atoms with Gasteiger partial charge in [-0.1, -0.05) is 13.0 Å². The van der Waals surface area contributed by atoms with Gasteiger partial charge in [-0.15, -0.1) is 0 Å². The summed E-state index contributed by atoms with van der Waals surface area (Å²) in [6.07, 6.45) is 4.59. The minimum Gasteiger partial charge on any atom is -0.433 e. The van der Waals surface area contributed by atoms with E-state index in [1.54, 1.807) is 12.1 Å². The normalized spacial score (nSPS) is 16.8. The molecule has 10 nitrogen and oxygen atoms in total. The first kappa shape index (κ1) is 34.1. The number of morpholine rings is 1. The number of hydrogen-bond donors (Lipinski definition) is 3. The fraction of sp³-hybridized carbons (Fsp3) is 0.429. The highest BCUT2D eigenvalue weighted by Crippen LogP contribution is 2.32. The van der Waals surface area contributed by atoms with Gasteiger partial charge in [0, 0.05) is 79.5 Å². The average molecular weight is 649 g/mol. The van der Waals surface area contributed by atoms with Crippen LogP contribution in [0.2, 0.25) is 0 Å². The van der Waals surface area contributed by atoms with Gasteiger partial charge >= 0.3 is 0 Å². The molecule has 0 bridgehead atoms. The number of rotatable bonds is 6. The number of fused-ring (bicyclic) bond motifs is 1. The number of likely N-dealkylation sites (N-methyl/N-ethyl adjacent to an activating group) is 2. The van der Waals surface area contributed by atoms with E-state index in [4.69, 9.17) is 9.47 Å². The van der Waals surface area contributed by atoms with Gasteiger partial charge < -0.3 is 39.8 Å². The topological polar surface area (TPSA) is 93.8 Å². The highest BCUT2D eigenvalue weighted by atomic mass is 19.1. The van der Waals surface area contributed by atoms with E-state index in [9.17, 15) is 4.39 Å². The van der Waals surface area contributed by atoms with Gasteiger partial charge in [-0.05, 0) is 76.3 Å². The average Bonchev–Trinajstić information content (AvgIpc) is 3.74. The second-order valence-corrected chi connectivity index (χ2v) is 11.8. The van der Waals surface area contributed by atoms with Gasteiger partial charge in [0.25, 0.3) is 5.88 Å². The van der Waals surface area contributed by atoms with Crippen LogP contribution in [0.4, 0.5) is 26.0 Å². The summed E-state index contributed by atoms with van der Waals surface area (Å²) >= 11 is 0. The first-order valence-electron chi connectivity index (χ1n) is 16.3. The Labute approximate surface area is 275 Å². The number of ether oxygens (including phenoxy) is 2. The van der Waals surface area contributed by atoms with Crippen molar-refractivity contribution in [3.8, 4) is 11.6 Å². The molecule has 0 aliphatic carbocycles. The molecular formula is C35H46F2N8O2. The Hall–Kier alpha value is -4.26. The molecule has 0 atom stereocenters. The summed E-state index contributed by atoms with van der Waals surface area (Å²) in [5.41, 5.74) is 4.50. The summed E-state index contributed by atoms with van der Waals surface area (Å²) in [5, 5.41) is 6.48. The summed E-state index contributed by atoms with van der Waals surface area (Å²) in [7, 11) is 2.19. The predicted molar refractivity (Wildman–Crippen MR) is 184 cm³/mol. The number of hydrogen-bond acceptors (Lipinski definition) is 9. The molecule has 47 heavy (non-hydrogen) atoms. The highest BCUT2D eigenvalue weighted by molar-refractivity contribution is 5.82. The lowest BCUT2D eigenvalue weighted by Crippen LogP contribution is -2.44. The maximum absolute atomic E-state index is 15.0. The van der Waals surface area contributed by atoms with Gasteiger partial charge in [-0.3, -0.25) is 0 Å². The van der Waals surface area contributed by atoms with E-state index in [1.807, 2.05) is 31.2 Å². The Balaban J connectivity index is 0.000000237. The van der Waals surface area contributed by atoms with E-state index in [0.29, 0.717) is 29.8 Å². The molecule has 0 radical (unpaired) electrons. The van der Waals surface area contributed by atoms with Crippen LogP contribution in [-0.4, -0.2) is 97.4 Å². The third-order valence-electron chi connectivity index (χ3n) is 8.35. The molecule has 2 aromatic heterocycles. The van der Waals surface area contributed by atoms with E-state index in [-0.39, 0.29) is 17.4 Å². The van der Waals surface area contributed by atoms with Crippen LogP contribution in [-0.2, 0) is 4.74 Å². The molecule has 0 amide bonds. The first-order chi connectivity index (χ1) is 22.8. The second kappa shape index (κ2) is 16.5. The van der Waals surface area contributed by atoms with Crippen LogP contribution in [0.3, 0.4) is 0 Å². The molecule has 7 rings (SSSR count). The van der Waals surface area contributed by atoms with Crippen LogP contribution < -0.4 is 20.3 Å². The zero-order valence-corrected chi connectivity index (χ0v) is 27.8. The Kier molecular flexibility index (Phi) is 12.0. The van der Waals surface area contributed by atoms with Crippen molar-refractivity contribution < 1.29 is 18.3 Å². The fourth-order valence-corrected chi connectivity index (χ4v) is 5.49. The Bertz CT molecular complexity index is 1610. The standard InChI is InChI=1S/C23H21F2N5O2.C7H16N2.C5H9N/c1-14-12-17-18(28-14)6-7-19(20(17)24)32-23-21(25)22(26-13-27-23)29-15-2-4-16(5-3-15)30-8-10-31-11-9-30;1-3-9-6-4-8(2)5-7-9;1-5-3-2-4-6-5/h2-7,12-13,28H,8-11H2,1H3,(H,26,27,29);3-7H2,1-2H3;3,6H,2,4H2,1H3. The number of aryl methyl sites for hydroxylation is 1. The Morgan fingerprint density at radius 1 is 0.936 bits per heavy atom. The molecule has 3 aliphatic heterocycles. The molecule has 5 heterocycles. The second-order valence-electron chi connectivity index (χ2n) is 11.8. The summed E-state index contributed by atoms with van der Waals surface area (Å²) < 4.78 is 40.6. The van der Waals surface area contributed by atoms with E-state index in [0.717, 1.165) is 31.0 Å². The Morgan fingerprint density at radius 3 is 2.32 bits per heavy atom. The molecular weight excluding hydrogens is 602 g/mol. The smallest absolute Gasteiger partial charge is 0.261 e. The van der Waals surface area contributed by atoms with Crippen LogP contribution in [0.5, 0.6) is 11.6 Å². The van der Waals surface area contributed by atoms with Crippen LogP contribution >= 0.6 is 0 Å². The number of aromatic amines is 1. The molecule has 4 aromatic rings. The van der Waals surface area contributed by atoms with Crippen molar-refractivity contribution in [3.05, 3.63) is 77.9 Å². The summed E-state index contributed by atoms with van der Waals surface area (Å²) in [6, 6.07) is 12.4. The molecule has 12 heteroatoms. The lowest BCUT2D eigenvalue weighted by atomic mass is 10.2. The summed E-state index contributed by atoms with van der Waals surface area (Å²) in [5.74, 6) is -1.94. The molecule has 0 unspecified atom stereocenters. The van der Waals surface area contributed by atoms with Gasteiger partial charge in [-0.2, -0.15) is 9.37 Å². The number of halogens is 2. The predicted octanol–water partition coefficient (Wildman–Crippen LogP) is 6.05. The van der Waals surface area contributed by atoms with Crippen LogP contribution in [0.15, 0.2) is 60.6 Å². The van der Waals surface area contributed by atoms with E-state index >= 15 is 4.39 Å². The molecule has 2 saturated heterocycles. The van der Waals surface area contributed by atoms with E-state index in [1.165, 1.54) is 57.2 Å². The zero-order chi connectivity index (χ0) is 33.2. The van der Waals surface area contributed by atoms with Crippen molar-refractivity contribution >= 4 is 28.1 Å². The quantitative estimate of drug-likeness (QED) is 0.231. The molecule has 0 saturated carbocycles. The highest BCUT2D eigenvalue weighted by Gasteiger charge is 2.18. The third-order valence-corrected chi connectivity index (χ3v) is 8.35. The van der Waals surface area contributed by atoms with Gasteiger partial charge in [-0.25, -0.2) is 9.37 Å². The minimum absolute atomic E-state index is 0.0619. The molecule has 3 aliphatic rings. The van der Waals surface area contributed by atoms with Crippen LogP contribution in [0.25, 0.3) is 10.9 Å². The van der Waals surface area contributed by atoms with Crippen LogP contribution in [0.1, 0.15) is 26.0 Å². The lowest BCUT2D eigenvalue weighted by Gasteiger charge is -2.31. The molecule has 2 aromatic carbocycles. The fourth-order valence-electron chi connectivity index (χ4n) is 5.49. The minimum atomic E-state index is -0.811. The van der Waals surface area contributed by atoms with Crippen molar-refractivity contribution in [1.29, 1.82) is 0 Å². The van der Waals surface area contributed by atoms with E-state index < -0.39 is 11.6 Å². The summed E-state index contributed by atoms with van der Waals surface area (Å²) in [4.78, 5) is 17.9. The number of anilines is 3. The number of allylic oxidation sites excluding steroid dienone is 1. The van der Waals surface area contributed by atoms with Gasteiger partial charge in [0.1, 0.15) is 6.33 Å². The maximum atomic E-state index is 15.0. The largest absolute Gasteiger partial charge is 0.433 e. The first-order valence-corrected chi connectivity index (χ1v) is 16.3. The van der Waals surface area contributed by atoms with E-state index in [2.05, 4.69) is 67.3 Å². The van der Waals surface area contributed by atoms with Crippen molar-refractivity contribution in [1.82, 2.24) is 30.1 Å². The third kappa shape index (κ3) is 9.40. The monoisotopic (exact) mass is 648 g/mol. The van der Waals surface area contributed by atoms with Crippen molar-refractivity contribution in [2.75, 3.05) is 82.8 Å². The Morgan fingerprint density at radius 2 is 1.68 bits per heavy atom. The van der Waals surface area contributed by atoms with Crippen molar-refractivity contribution in [2.45, 2.75) is 27.2 Å². The molecule has 252 valence electrons. The van der Waals surface area contributed by atoms with Crippen molar-refractivity contribution in [2.24, 2.45) is 0 Å². The molecule has 2 fully saturated rings. The number of piperazine rings is 1. The van der Waals surface area contributed by atoms with Crippen LogP contribution in [0, 0.1) is 18.6 Å². The number of H-pyrrole nitrogens is 1. The maximum Gasteiger partial charge on any atom is 0.261 e. The molecule has 3 N–H and O–H groups in total. The SMILES string of the molecule is CC1=CCCN1.CCN1CCN(C)CC1.Cc1cc2c(F)c(Oc3ncnc(Nc4ccc(N5CCOCC5)cc4)c3F)ccc2[nH]1. The zero-order valence-electron chi connectivity index (χ0n) is 27.8. The van der Waals surface area contributed by atoms with Gasteiger partial charge in [0.05, 0.1) is 13.2 Å². The van der Waals surface area contributed by atoms with Gasteiger partial charge in [0.15, 0.2) is 17.4 Å². The lowest BCUT2D eigenvalue weighted by molar-refractivity contribution is 0.122. The summed E-state index contributed by atoms with van der Waals surface area (Å²) in [6.45, 7) is 16.6. The van der Waals surface area contributed by atoms with Crippen molar-refractivity contribution in [3.63, 3.8) is 0 Å². The number of nitrogens with zero attached hydrogens (tertiary/aromatic N) is 5. The van der Waals surface area contributed by atoms with Gasteiger partial charge in [0.2, 0.25) is 5.82 Å². The molecule has 0 spiro atoms. The number of nitrogens with one attached hydrogen (secondary N) is 3.